The molecular formula is C11H15N3O2. The van der Waals surface area contributed by atoms with Gasteiger partial charge >= 0.3 is 5.97 Å². The molecule has 5 heteroatoms. The van der Waals surface area contributed by atoms with E-state index < -0.39 is 5.97 Å². The highest BCUT2D eigenvalue weighted by Crippen LogP contribution is 2.20. The van der Waals surface area contributed by atoms with Gasteiger partial charge in [-0.3, -0.25) is 0 Å². The van der Waals surface area contributed by atoms with Crippen LogP contribution in [0.25, 0.3) is 0 Å². The number of carbonyl (C=O) groups is 1. The fourth-order valence-electron chi connectivity index (χ4n) is 1.35. The Morgan fingerprint density at radius 1 is 1.69 bits per heavy atom. The Morgan fingerprint density at radius 3 is 2.88 bits per heavy atom. The van der Waals surface area contributed by atoms with Crippen molar-refractivity contribution in [1.82, 2.24) is 9.55 Å². The maximum Gasteiger partial charge on any atom is 0.356 e. The van der Waals surface area contributed by atoms with Crippen molar-refractivity contribution in [2.45, 2.75) is 33.2 Å². The monoisotopic (exact) mass is 221 g/mol. The van der Waals surface area contributed by atoms with Gasteiger partial charge < -0.3 is 9.67 Å². The maximum absolute atomic E-state index is 10.6. The van der Waals surface area contributed by atoms with Gasteiger partial charge in [0.1, 0.15) is 0 Å². The minimum absolute atomic E-state index is 0.0551. The molecule has 0 aromatic carbocycles. The zero-order valence-corrected chi connectivity index (χ0v) is 9.47. The highest BCUT2D eigenvalue weighted by molar-refractivity contribution is 5.84. The van der Waals surface area contributed by atoms with Gasteiger partial charge in [0.2, 0.25) is 0 Å². The predicted octanol–water partition coefficient (Wildman–Crippen LogP) is 1.91. The molecule has 0 atom stereocenters. The molecule has 0 aliphatic carbocycles. The lowest BCUT2D eigenvalue weighted by Gasteiger charge is -2.14. The van der Waals surface area contributed by atoms with Crippen LogP contribution >= 0.6 is 0 Å². The van der Waals surface area contributed by atoms with Crippen molar-refractivity contribution in [3.63, 3.8) is 0 Å². The molecule has 0 unspecified atom stereocenters. The summed E-state index contributed by atoms with van der Waals surface area (Å²) in [6.07, 6.45) is 4.62. The molecule has 0 aliphatic heterocycles. The molecule has 0 fully saturated rings. The minimum Gasteiger partial charge on any atom is -0.476 e. The van der Waals surface area contributed by atoms with Crippen molar-refractivity contribution < 1.29 is 9.90 Å². The van der Waals surface area contributed by atoms with Crippen molar-refractivity contribution in [3.05, 3.63) is 18.2 Å². The van der Waals surface area contributed by atoms with Crippen LogP contribution in [0.3, 0.4) is 0 Å². The molecule has 1 aromatic heterocycles. The first kappa shape index (κ1) is 12.2. The van der Waals surface area contributed by atoms with Gasteiger partial charge in [-0.25, -0.2) is 9.78 Å². The number of nitrogens with zero attached hydrogens (tertiary/aromatic N) is 3. The molecule has 16 heavy (non-hydrogen) atoms. The van der Waals surface area contributed by atoms with Crippen LogP contribution in [0.15, 0.2) is 12.5 Å². The third kappa shape index (κ3) is 3.39. The zero-order valence-electron chi connectivity index (χ0n) is 9.47. The molecule has 0 radical (unpaired) electrons. The van der Waals surface area contributed by atoms with Crippen LogP contribution in [-0.4, -0.2) is 20.6 Å². The van der Waals surface area contributed by atoms with Gasteiger partial charge in [0, 0.05) is 12.7 Å². The van der Waals surface area contributed by atoms with Gasteiger partial charge in [-0.2, -0.15) is 5.26 Å². The topological polar surface area (TPSA) is 78.9 Å². The average Bonchev–Trinajstić information content (AvgIpc) is 2.66. The second-order valence-electron chi connectivity index (χ2n) is 4.40. The Labute approximate surface area is 94.3 Å². The smallest absolute Gasteiger partial charge is 0.356 e. The summed E-state index contributed by atoms with van der Waals surface area (Å²) in [5, 5.41) is 17.5. The normalized spacial score (nSPS) is 11.1. The summed E-state index contributed by atoms with van der Waals surface area (Å²) in [4.78, 5) is 14.3. The van der Waals surface area contributed by atoms with Crippen molar-refractivity contribution in [2.75, 3.05) is 0 Å². The van der Waals surface area contributed by atoms with E-state index in [4.69, 9.17) is 10.4 Å². The van der Waals surface area contributed by atoms with Gasteiger partial charge in [0.25, 0.3) is 0 Å². The lowest BCUT2D eigenvalue weighted by Crippen LogP contribution is -2.09. The number of hydrogen-bond donors (Lipinski definition) is 1. The Balaban J connectivity index is 2.44. The summed E-state index contributed by atoms with van der Waals surface area (Å²) in [6.45, 7) is 4.47. The van der Waals surface area contributed by atoms with Gasteiger partial charge in [0.15, 0.2) is 5.69 Å². The van der Waals surface area contributed by atoms with Gasteiger partial charge in [-0.1, -0.05) is 0 Å². The summed E-state index contributed by atoms with van der Waals surface area (Å²) >= 11 is 0. The van der Waals surface area contributed by atoms with Crippen molar-refractivity contribution >= 4 is 5.97 Å². The fraction of sp³-hybridized carbons (Fsp3) is 0.545. The molecule has 0 aliphatic rings. The highest BCUT2D eigenvalue weighted by atomic mass is 16.4. The number of rotatable bonds is 5. The number of hydrogen-bond acceptors (Lipinski definition) is 3. The number of carboxylic acids is 1. The number of aromatic carboxylic acids is 1. The first-order chi connectivity index (χ1) is 7.44. The first-order valence-corrected chi connectivity index (χ1v) is 5.11. The van der Waals surface area contributed by atoms with Gasteiger partial charge in [0.05, 0.1) is 17.8 Å². The number of imidazole rings is 1. The van der Waals surface area contributed by atoms with Crippen LogP contribution in [0.1, 0.15) is 37.2 Å². The van der Waals surface area contributed by atoms with Crippen molar-refractivity contribution in [1.29, 1.82) is 5.26 Å². The zero-order chi connectivity index (χ0) is 12.2. The summed E-state index contributed by atoms with van der Waals surface area (Å²) < 4.78 is 1.73. The first-order valence-electron chi connectivity index (χ1n) is 5.11. The second kappa shape index (κ2) is 4.79. The summed E-state index contributed by atoms with van der Waals surface area (Å²) in [5.74, 6) is -1.02. The third-order valence-corrected chi connectivity index (χ3v) is 2.37. The minimum atomic E-state index is -1.02. The van der Waals surface area contributed by atoms with Crippen molar-refractivity contribution in [2.24, 2.45) is 5.41 Å². The molecular weight excluding hydrogens is 206 g/mol. The quantitative estimate of drug-likeness (QED) is 0.823. The highest BCUT2D eigenvalue weighted by Gasteiger charge is 2.15. The number of carboxylic acid groups (broad SMARTS) is 1. The molecule has 0 bridgehead atoms. The Hall–Kier alpha value is -1.83. The molecule has 1 heterocycles. The molecule has 0 saturated carbocycles. The Morgan fingerprint density at radius 2 is 2.38 bits per heavy atom. The van der Waals surface area contributed by atoms with Crippen LogP contribution in [0.2, 0.25) is 0 Å². The lowest BCUT2D eigenvalue weighted by molar-refractivity contribution is 0.0691. The lowest BCUT2D eigenvalue weighted by atomic mass is 9.90. The van der Waals surface area contributed by atoms with E-state index in [2.05, 4.69) is 11.1 Å². The molecule has 1 aromatic rings. The maximum atomic E-state index is 10.6. The molecule has 5 nitrogen and oxygen atoms in total. The van der Waals surface area contributed by atoms with Crippen LogP contribution in [-0.2, 0) is 6.54 Å². The summed E-state index contributed by atoms with van der Waals surface area (Å²) in [5.41, 5.74) is -0.268. The van der Waals surface area contributed by atoms with E-state index in [0.29, 0.717) is 6.54 Å². The predicted molar refractivity (Wildman–Crippen MR) is 57.8 cm³/mol. The van der Waals surface area contributed by atoms with Crippen LogP contribution in [0, 0.1) is 16.7 Å². The third-order valence-electron chi connectivity index (χ3n) is 2.37. The second-order valence-corrected chi connectivity index (χ2v) is 4.40. The molecule has 86 valence electrons. The SMILES string of the molecule is CC(C)(C#N)CCCn1cnc(C(=O)O)c1. The molecule has 0 saturated heterocycles. The van der Waals surface area contributed by atoms with Gasteiger partial charge in [-0.15, -0.1) is 0 Å². The van der Waals surface area contributed by atoms with E-state index in [9.17, 15) is 4.79 Å². The van der Waals surface area contributed by atoms with E-state index >= 15 is 0 Å². The van der Waals surface area contributed by atoms with E-state index in [-0.39, 0.29) is 11.1 Å². The molecule has 0 amide bonds. The van der Waals surface area contributed by atoms with E-state index in [0.717, 1.165) is 12.8 Å². The fourth-order valence-corrected chi connectivity index (χ4v) is 1.35. The molecule has 1 N–H and O–H groups in total. The Bertz CT molecular complexity index is 415. The van der Waals surface area contributed by atoms with E-state index in [1.165, 1.54) is 12.5 Å². The standard InChI is InChI=1S/C11H15N3O2/c1-11(2,7-12)4-3-5-14-6-9(10(15)16)13-8-14/h6,8H,3-5H2,1-2H3,(H,15,16). The molecule has 1 rings (SSSR count). The average molecular weight is 221 g/mol. The van der Waals surface area contributed by atoms with Crippen LogP contribution in [0.5, 0.6) is 0 Å². The van der Waals surface area contributed by atoms with Crippen LogP contribution < -0.4 is 0 Å². The summed E-state index contributed by atoms with van der Waals surface area (Å²) in [7, 11) is 0. The van der Waals surface area contributed by atoms with Gasteiger partial charge in [-0.05, 0) is 26.7 Å². The van der Waals surface area contributed by atoms with Crippen molar-refractivity contribution in [3.8, 4) is 6.07 Å². The van der Waals surface area contributed by atoms with E-state index in [1.807, 2.05) is 13.8 Å². The number of aromatic nitrogens is 2. The largest absolute Gasteiger partial charge is 0.476 e. The number of aryl methyl sites for hydroxylation is 1. The molecule has 0 spiro atoms. The van der Waals surface area contributed by atoms with Crippen LogP contribution in [0.4, 0.5) is 0 Å². The number of nitriles is 1. The summed E-state index contributed by atoms with van der Waals surface area (Å²) in [6, 6.07) is 2.23. The Kier molecular flexibility index (Phi) is 3.67. The van der Waals surface area contributed by atoms with E-state index in [1.54, 1.807) is 4.57 Å².